The molecule has 0 aliphatic rings. The Hall–Kier alpha value is -2.53. The third-order valence-electron chi connectivity index (χ3n) is 3.51. The van der Waals surface area contributed by atoms with Crippen molar-refractivity contribution in [2.45, 2.75) is 20.8 Å². The molecule has 1 amide bonds. The second-order valence-corrected chi connectivity index (χ2v) is 6.16. The summed E-state index contributed by atoms with van der Waals surface area (Å²) in [7, 11) is 0. The molecule has 5 nitrogen and oxygen atoms in total. The molecule has 0 spiro atoms. The molecule has 1 N–H and O–H groups in total. The summed E-state index contributed by atoms with van der Waals surface area (Å²) in [6.07, 6.45) is 0. The average molecular weight is 362 g/mol. The topological polar surface area (TPSA) is 64.6 Å². The van der Waals surface area contributed by atoms with Gasteiger partial charge in [-0.25, -0.2) is 4.79 Å². The summed E-state index contributed by atoms with van der Waals surface area (Å²) >= 11 is 5.86. The Bertz CT molecular complexity index is 789. The highest BCUT2D eigenvalue weighted by Gasteiger charge is 2.11. The summed E-state index contributed by atoms with van der Waals surface area (Å²) in [5, 5.41) is 3.32. The van der Waals surface area contributed by atoms with Crippen LogP contribution in [0.1, 0.15) is 16.7 Å². The van der Waals surface area contributed by atoms with Crippen molar-refractivity contribution in [1.29, 1.82) is 0 Å². The van der Waals surface area contributed by atoms with E-state index < -0.39 is 11.9 Å². The molecule has 0 radical (unpaired) electrons. The van der Waals surface area contributed by atoms with Gasteiger partial charge in [0, 0.05) is 10.7 Å². The fourth-order valence-electron chi connectivity index (χ4n) is 2.16. The maximum atomic E-state index is 11.9. The zero-order valence-corrected chi connectivity index (χ0v) is 15.1. The van der Waals surface area contributed by atoms with Crippen molar-refractivity contribution in [1.82, 2.24) is 0 Å². The van der Waals surface area contributed by atoms with Crippen LogP contribution in [0.25, 0.3) is 0 Å². The summed E-state index contributed by atoms with van der Waals surface area (Å²) < 4.78 is 10.3. The van der Waals surface area contributed by atoms with Crippen LogP contribution in [0, 0.1) is 20.8 Å². The smallest absolute Gasteiger partial charge is 0.344 e. The zero-order valence-electron chi connectivity index (χ0n) is 14.4. The Kier molecular flexibility index (Phi) is 6.42. The molecule has 0 unspecified atom stereocenters. The van der Waals surface area contributed by atoms with Crippen molar-refractivity contribution in [3.05, 3.63) is 58.1 Å². The Morgan fingerprint density at radius 3 is 2.48 bits per heavy atom. The number of rotatable bonds is 6. The third kappa shape index (κ3) is 5.80. The van der Waals surface area contributed by atoms with Gasteiger partial charge in [0.1, 0.15) is 5.75 Å². The summed E-state index contributed by atoms with van der Waals surface area (Å²) in [4.78, 5) is 23.6. The van der Waals surface area contributed by atoms with Crippen molar-refractivity contribution in [3.63, 3.8) is 0 Å². The molecule has 2 aromatic carbocycles. The lowest BCUT2D eigenvalue weighted by Crippen LogP contribution is -2.24. The van der Waals surface area contributed by atoms with Crippen LogP contribution >= 0.6 is 11.6 Å². The van der Waals surface area contributed by atoms with Gasteiger partial charge in [0.2, 0.25) is 0 Å². The van der Waals surface area contributed by atoms with Gasteiger partial charge in [-0.1, -0.05) is 23.7 Å². The molecule has 0 aromatic heterocycles. The molecule has 0 saturated carbocycles. The summed E-state index contributed by atoms with van der Waals surface area (Å²) in [6, 6.07) is 10.8. The number of benzene rings is 2. The molecular formula is C19H20ClNO4. The van der Waals surface area contributed by atoms with Gasteiger partial charge in [-0.15, -0.1) is 0 Å². The Balaban J connectivity index is 1.79. The van der Waals surface area contributed by atoms with Crippen LogP contribution in [0.3, 0.4) is 0 Å². The minimum absolute atomic E-state index is 0.279. The second-order valence-electron chi connectivity index (χ2n) is 5.73. The molecule has 0 heterocycles. The van der Waals surface area contributed by atoms with Crippen LogP contribution in [-0.4, -0.2) is 25.1 Å². The number of halogens is 1. The third-order valence-corrected chi connectivity index (χ3v) is 3.75. The molecular weight excluding hydrogens is 342 g/mol. The summed E-state index contributed by atoms with van der Waals surface area (Å²) in [5.41, 5.74) is 3.48. The van der Waals surface area contributed by atoms with E-state index in [-0.39, 0.29) is 13.2 Å². The van der Waals surface area contributed by atoms with Gasteiger partial charge in [0.05, 0.1) is 0 Å². The van der Waals surface area contributed by atoms with Gasteiger partial charge in [0.25, 0.3) is 5.91 Å². The van der Waals surface area contributed by atoms with Crippen molar-refractivity contribution < 1.29 is 19.1 Å². The minimum atomic E-state index is -0.620. The van der Waals surface area contributed by atoms with Crippen LogP contribution in [0.2, 0.25) is 5.02 Å². The van der Waals surface area contributed by atoms with Gasteiger partial charge in [-0.05, 0) is 61.7 Å². The number of hydrogen-bond donors (Lipinski definition) is 1. The zero-order chi connectivity index (χ0) is 18.4. The first kappa shape index (κ1) is 18.8. The fraction of sp³-hybridized carbons (Fsp3) is 0.263. The monoisotopic (exact) mass is 361 g/mol. The number of esters is 1. The van der Waals surface area contributed by atoms with E-state index in [2.05, 4.69) is 5.32 Å². The molecule has 6 heteroatoms. The van der Waals surface area contributed by atoms with Gasteiger partial charge in [-0.3, -0.25) is 4.79 Å². The standard InChI is InChI=1S/C19H20ClNO4/c1-12-4-5-13(2)16(8-12)21-18(22)10-25-19(23)11-24-17-7-6-15(20)9-14(17)3/h4-9H,10-11H2,1-3H3,(H,21,22). The van der Waals surface area contributed by atoms with Crippen molar-refractivity contribution in [2.24, 2.45) is 0 Å². The lowest BCUT2D eigenvalue weighted by atomic mass is 10.1. The van der Waals surface area contributed by atoms with Crippen LogP contribution < -0.4 is 10.1 Å². The first-order valence-corrected chi connectivity index (χ1v) is 8.14. The van der Waals surface area contributed by atoms with Crippen molar-refractivity contribution in [3.8, 4) is 5.75 Å². The van der Waals surface area contributed by atoms with Crippen LogP contribution in [0.4, 0.5) is 5.69 Å². The van der Waals surface area contributed by atoms with E-state index in [9.17, 15) is 9.59 Å². The quantitative estimate of drug-likeness (QED) is 0.794. The van der Waals surface area contributed by atoms with Crippen LogP contribution in [0.5, 0.6) is 5.75 Å². The van der Waals surface area contributed by atoms with Crippen molar-refractivity contribution in [2.75, 3.05) is 18.5 Å². The molecule has 2 rings (SSSR count). The molecule has 132 valence electrons. The van der Waals surface area contributed by atoms with Gasteiger partial charge in [-0.2, -0.15) is 0 Å². The number of nitrogens with one attached hydrogen (secondary N) is 1. The second kappa shape index (κ2) is 8.53. The van der Waals surface area contributed by atoms with E-state index in [0.717, 1.165) is 16.7 Å². The highest BCUT2D eigenvalue weighted by molar-refractivity contribution is 6.30. The molecule has 0 aliphatic heterocycles. The number of amides is 1. The highest BCUT2D eigenvalue weighted by Crippen LogP contribution is 2.21. The molecule has 0 bridgehead atoms. The maximum absolute atomic E-state index is 11.9. The predicted octanol–water partition coefficient (Wildman–Crippen LogP) is 3.83. The lowest BCUT2D eigenvalue weighted by molar-refractivity contribution is -0.149. The molecule has 2 aromatic rings. The lowest BCUT2D eigenvalue weighted by Gasteiger charge is -2.11. The number of carbonyl (C=O) groups is 2. The van der Waals surface area contributed by atoms with E-state index in [1.165, 1.54) is 0 Å². The van der Waals surface area contributed by atoms with Crippen LogP contribution in [-0.2, 0) is 14.3 Å². The van der Waals surface area contributed by atoms with E-state index in [1.807, 2.05) is 39.0 Å². The molecule has 0 saturated heterocycles. The highest BCUT2D eigenvalue weighted by atomic mass is 35.5. The Labute approximate surface area is 151 Å². The van der Waals surface area contributed by atoms with Gasteiger partial charge in [0.15, 0.2) is 13.2 Å². The number of carbonyl (C=O) groups excluding carboxylic acids is 2. The molecule has 0 fully saturated rings. The summed E-state index contributed by atoms with van der Waals surface area (Å²) in [5.74, 6) is -0.476. The predicted molar refractivity (Wildman–Crippen MR) is 97.2 cm³/mol. The largest absolute Gasteiger partial charge is 0.482 e. The first-order chi connectivity index (χ1) is 11.8. The molecule has 0 aliphatic carbocycles. The first-order valence-electron chi connectivity index (χ1n) is 7.77. The van der Waals surface area contributed by atoms with E-state index >= 15 is 0 Å². The van der Waals surface area contributed by atoms with E-state index in [1.54, 1.807) is 18.2 Å². The maximum Gasteiger partial charge on any atom is 0.344 e. The normalized spacial score (nSPS) is 10.2. The van der Waals surface area contributed by atoms with Crippen molar-refractivity contribution >= 4 is 29.2 Å². The number of anilines is 1. The number of ether oxygens (including phenoxy) is 2. The number of hydrogen-bond acceptors (Lipinski definition) is 4. The SMILES string of the molecule is Cc1ccc(C)c(NC(=O)COC(=O)COc2ccc(Cl)cc2C)c1. The van der Waals surface area contributed by atoms with E-state index in [4.69, 9.17) is 21.1 Å². The average Bonchev–Trinajstić information content (AvgIpc) is 2.55. The molecule has 0 atom stereocenters. The number of aryl methyl sites for hydroxylation is 3. The fourth-order valence-corrected chi connectivity index (χ4v) is 2.38. The summed E-state index contributed by atoms with van der Waals surface area (Å²) in [6.45, 7) is 5.01. The van der Waals surface area contributed by atoms with Crippen LogP contribution in [0.15, 0.2) is 36.4 Å². The minimum Gasteiger partial charge on any atom is -0.482 e. The van der Waals surface area contributed by atoms with Gasteiger partial charge < -0.3 is 14.8 Å². The Morgan fingerprint density at radius 2 is 1.76 bits per heavy atom. The van der Waals surface area contributed by atoms with E-state index in [0.29, 0.717) is 16.5 Å². The van der Waals surface area contributed by atoms with Gasteiger partial charge >= 0.3 is 5.97 Å². The Morgan fingerprint density at radius 1 is 1.00 bits per heavy atom. The molecule has 25 heavy (non-hydrogen) atoms.